The molecule has 0 aliphatic rings. The molecular formula is C22H17BrN2OS. The molecule has 1 aromatic heterocycles. The van der Waals surface area contributed by atoms with E-state index >= 15 is 0 Å². The van der Waals surface area contributed by atoms with Gasteiger partial charge in [0.15, 0.2) is 0 Å². The lowest BCUT2D eigenvalue weighted by atomic mass is 10.1. The lowest BCUT2D eigenvalue weighted by molar-refractivity contribution is -0.115. The fourth-order valence-corrected chi connectivity index (χ4v) is 4.20. The summed E-state index contributed by atoms with van der Waals surface area (Å²) in [6, 6.07) is 21.9. The van der Waals surface area contributed by atoms with E-state index in [0.717, 1.165) is 31.8 Å². The highest BCUT2D eigenvalue weighted by Gasteiger charge is 2.09. The van der Waals surface area contributed by atoms with Gasteiger partial charge in [-0.3, -0.25) is 4.79 Å². The van der Waals surface area contributed by atoms with Gasteiger partial charge < -0.3 is 5.32 Å². The first-order valence-electron chi connectivity index (χ1n) is 8.59. The summed E-state index contributed by atoms with van der Waals surface area (Å²) in [5, 5.41) is 3.94. The highest BCUT2D eigenvalue weighted by atomic mass is 79.9. The normalized spacial score (nSPS) is 10.9. The number of aromatic nitrogens is 1. The van der Waals surface area contributed by atoms with Crippen molar-refractivity contribution >= 4 is 49.1 Å². The molecule has 0 spiro atoms. The minimum Gasteiger partial charge on any atom is -0.326 e. The number of hydrogen-bond acceptors (Lipinski definition) is 3. The van der Waals surface area contributed by atoms with Crippen LogP contribution in [0.4, 0.5) is 5.69 Å². The van der Waals surface area contributed by atoms with Gasteiger partial charge >= 0.3 is 0 Å². The predicted octanol–water partition coefficient (Wildman–Crippen LogP) is 6.22. The molecule has 0 bridgehead atoms. The van der Waals surface area contributed by atoms with E-state index in [1.165, 1.54) is 10.3 Å². The molecule has 0 saturated carbocycles. The van der Waals surface area contributed by atoms with E-state index in [1.54, 1.807) is 11.3 Å². The van der Waals surface area contributed by atoms with Gasteiger partial charge in [0.05, 0.1) is 16.6 Å². The molecule has 0 fully saturated rings. The van der Waals surface area contributed by atoms with Crippen molar-refractivity contribution in [2.24, 2.45) is 0 Å². The number of carbonyl (C=O) groups is 1. The predicted molar refractivity (Wildman–Crippen MR) is 116 cm³/mol. The maximum Gasteiger partial charge on any atom is 0.228 e. The van der Waals surface area contributed by atoms with Crippen molar-refractivity contribution in [2.75, 3.05) is 5.32 Å². The van der Waals surface area contributed by atoms with Gasteiger partial charge in [0.25, 0.3) is 0 Å². The lowest BCUT2D eigenvalue weighted by Gasteiger charge is -2.07. The Morgan fingerprint density at radius 2 is 1.89 bits per heavy atom. The Morgan fingerprint density at radius 1 is 1.07 bits per heavy atom. The molecule has 3 nitrogen and oxygen atoms in total. The molecule has 4 rings (SSSR count). The molecular weight excluding hydrogens is 420 g/mol. The quantitative estimate of drug-likeness (QED) is 0.412. The second kappa shape index (κ2) is 7.62. The molecule has 0 aliphatic carbocycles. The van der Waals surface area contributed by atoms with Crippen LogP contribution in [0.25, 0.3) is 20.8 Å². The Labute approximate surface area is 170 Å². The first-order valence-corrected chi connectivity index (χ1v) is 10.2. The van der Waals surface area contributed by atoms with Crippen LogP contribution in [0.3, 0.4) is 0 Å². The van der Waals surface area contributed by atoms with Gasteiger partial charge in [-0.05, 0) is 54.4 Å². The van der Waals surface area contributed by atoms with Crippen molar-refractivity contribution in [2.45, 2.75) is 13.3 Å². The minimum atomic E-state index is -0.0330. The van der Waals surface area contributed by atoms with Crippen LogP contribution >= 0.6 is 27.3 Å². The summed E-state index contributed by atoms with van der Waals surface area (Å²) in [6.45, 7) is 2.08. The van der Waals surface area contributed by atoms with Gasteiger partial charge in [0.1, 0.15) is 5.01 Å². The molecule has 1 amide bonds. The van der Waals surface area contributed by atoms with Gasteiger partial charge in [-0.1, -0.05) is 46.3 Å². The largest absolute Gasteiger partial charge is 0.326 e. The maximum absolute atomic E-state index is 12.4. The summed E-state index contributed by atoms with van der Waals surface area (Å²) in [5.74, 6) is -0.0330. The molecule has 4 aromatic rings. The molecule has 0 atom stereocenters. The first kappa shape index (κ1) is 17.9. The number of hydrogen-bond donors (Lipinski definition) is 1. The average Bonchev–Trinajstić information content (AvgIpc) is 3.07. The second-order valence-corrected chi connectivity index (χ2v) is 8.37. The zero-order valence-electron chi connectivity index (χ0n) is 14.7. The monoisotopic (exact) mass is 436 g/mol. The van der Waals surface area contributed by atoms with E-state index in [-0.39, 0.29) is 5.91 Å². The Bertz CT molecular complexity index is 1120. The summed E-state index contributed by atoms with van der Waals surface area (Å²) < 4.78 is 2.18. The van der Waals surface area contributed by atoms with Crippen molar-refractivity contribution in [3.05, 3.63) is 82.3 Å². The number of amides is 1. The van der Waals surface area contributed by atoms with Gasteiger partial charge in [0, 0.05) is 15.7 Å². The van der Waals surface area contributed by atoms with Crippen LogP contribution in [-0.4, -0.2) is 10.9 Å². The van der Waals surface area contributed by atoms with Crippen molar-refractivity contribution in [3.8, 4) is 10.6 Å². The Hall–Kier alpha value is -2.50. The molecule has 5 heteroatoms. The van der Waals surface area contributed by atoms with Crippen LogP contribution in [-0.2, 0) is 11.2 Å². The van der Waals surface area contributed by atoms with Crippen LogP contribution in [0.1, 0.15) is 11.1 Å². The molecule has 134 valence electrons. The number of fused-ring (bicyclic) bond motifs is 1. The van der Waals surface area contributed by atoms with Gasteiger partial charge in [-0.25, -0.2) is 4.98 Å². The van der Waals surface area contributed by atoms with Crippen molar-refractivity contribution < 1.29 is 4.79 Å². The summed E-state index contributed by atoms with van der Waals surface area (Å²) in [4.78, 5) is 17.1. The van der Waals surface area contributed by atoms with E-state index in [9.17, 15) is 4.79 Å². The van der Waals surface area contributed by atoms with Crippen LogP contribution in [0.5, 0.6) is 0 Å². The molecule has 0 aliphatic heterocycles. The summed E-state index contributed by atoms with van der Waals surface area (Å²) in [7, 11) is 0. The third-order valence-corrected chi connectivity index (χ3v) is 5.81. The molecule has 27 heavy (non-hydrogen) atoms. The topological polar surface area (TPSA) is 42.0 Å². The third kappa shape index (κ3) is 4.26. The number of nitrogens with one attached hydrogen (secondary N) is 1. The van der Waals surface area contributed by atoms with Crippen molar-refractivity contribution in [1.82, 2.24) is 4.98 Å². The van der Waals surface area contributed by atoms with E-state index in [2.05, 4.69) is 46.4 Å². The molecule has 0 saturated heterocycles. The summed E-state index contributed by atoms with van der Waals surface area (Å²) in [6.07, 6.45) is 0.345. The fraction of sp³-hybridized carbons (Fsp3) is 0.0909. The highest BCUT2D eigenvalue weighted by molar-refractivity contribution is 9.10. The fourth-order valence-electron chi connectivity index (χ4n) is 2.88. The number of nitrogens with zero attached hydrogens (tertiary/aromatic N) is 1. The van der Waals surface area contributed by atoms with Crippen LogP contribution in [0, 0.1) is 6.92 Å². The second-order valence-electron chi connectivity index (χ2n) is 6.42. The number of aryl methyl sites for hydroxylation is 1. The molecule has 0 unspecified atom stereocenters. The smallest absolute Gasteiger partial charge is 0.228 e. The maximum atomic E-state index is 12.4. The Morgan fingerprint density at radius 3 is 2.70 bits per heavy atom. The Balaban J connectivity index is 1.52. The Kier molecular flexibility index (Phi) is 5.05. The minimum absolute atomic E-state index is 0.0330. The van der Waals surface area contributed by atoms with Gasteiger partial charge in [-0.2, -0.15) is 0 Å². The zero-order valence-corrected chi connectivity index (χ0v) is 17.1. The number of thiazole rings is 1. The molecule has 1 N–H and O–H groups in total. The number of benzene rings is 3. The van der Waals surface area contributed by atoms with Crippen LogP contribution < -0.4 is 5.32 Å². The number of carbonyl (C=O) groups excluding carboxylic acids is 1. The first-order chi connectivity index (χ1) is 13.1. The molecule has 1 heterocycles. The van der Waals surface area contributed by atoms with E-state index in [4.69, 9.17) is 4.98 Å². The average molecular weight is 437 g/mol. The number of anilines is 1. The standard InChI is InChI=1S/C22H17BrN2OS/c1-14-5-10-19-20(11-14)27-22(25-19)16-3-2-4-18(13-16)24-21(26)12-15-6-8-17(23)9-7-15/h2-11,13H,12H2,1H3,(H,24,26). The van der Waals surface area contributed by atoms with Crippen LogP contribution in [0.15, 0.2) is 71.2 Å². The van der Waals surface area contributed by atoms with Gasteiger partial charge in [-0.15, -0.1) is 11.3 Å². The zero-order chi connectivity index (χ0) is 18.8. The van der Waals surface area contributed by atoms with Crippen molar-refractivity contribution in [3.63, 3.8) is 0 Å². The van der Waals surface area contributed by atoms with Crippen LogP contribution in [0.2, 0.25) is 0 Å². The van der Waals surface area contributed by atoms with Gasteiger partial charge in [0.2, 0.25) is 5.91 Å². The number of halogens is 1. The van der Waals surface area contributed by atoms with Crippen molar-refractivity contribution in [1.29, 1.82) is 0 Å². The van der Waals surface area contributed by atoms with E-state index in [0.29, 0.717) is 6.42 Å². The molecule has 3 aromatic carbocycles. The highest BCUT2D eigenvalue weighted by Crippen LogP contribution is 2.31. The third-order valence-electron chi connectivity index (χ3n) is 4.22. The lowest BCUT2D eigenvalue weighted by Crippen LogP contribution is -2.14. The summed E-state index contributed by atoms with van der Waals surface area (Å²) >= 11 is 5.07. The van der Waals surface area contributed by atoms with E-state index < -0.39 is 0 Å². The van der Waals surface area contributed by atoms with E-state index in [1.807, 2.05) is 48.5 Å². The molecule has 0 radical (unpaired) electrons. The number of rotatable bonds is 4. The SMILES string of the molecule is Cc1ccc2nc(-c3cccc(NC(=O)Cc4ccc(Br)cc4)c3)sc2c1. The summed E-state index contributed by atoms with van der Waals surface area (Å²) in [5.41, 5.74) is 5.01.